The van der Waals surface area contributed by atoms with E-state index in [0.29, 0.717) is 33.3 Å². The van der Waals surface area contributed by atoms with E-state index in [1.807, 2.05) is 12.1 Å². The second kappa shape index (κ2) is 6.63. The fourth-order valence-corrected chi connectivity index (χ4v) is 4.64. The molecule has 0 aliphatic carbocycles. The Morgan fingerprint density at radius 2 is 2.07 bits per heavy atom. The first kappa shape index (κ1) is 17.4. The van der Waals surface area contributed by atoms with Gasteiger partial charge < -0.3 is 15.3 Å². The number of nitrogens with zero attached hydrogens (tertiary/aromatic N) is 3. The van der Waals surface area contributed by atoms with Crippen LogP contribution in [0.2, 0.25) is 0 Å². The van der Waals surface area contributed by atoms with Crippen LogP contribution in [0.15, 0.2) is 30.6 Å². The van der Waals surface area contributed by atoms with Crippen molar-refractivity contribution in [1.82, 2.24) is 20.3 Å². The number of thiophene rings is 1. The summed E-state index contributed by atoms with van der Waals surface area (Å²) in [6, 6.07) is 2.72. The summed E-state index contributed by atoms with van der Waals surface area (Å²) >= 11 is 1.04. The van der Waals surface area contributed by atoms with Gasteiger partial charge in [-0.05, 0) is 35.7 Å². The number of pyridine rings is 1. The maximum absolute atomic E-state index is 12.5. The number of urea groups is 1. The summed E-state index contributed by atoms with van der Waals surface area (Å²) in [6.07, 6.45) is 4.01. The van der Waals surface area contributed by atoms with E-state index in [9.17, 15) is 24.7 Å². The third-order valence-corrected chi connectivity index (χ3v) is 5.92. The van der Waals surface area contributed by atoms with Crippen molar-refractivity contribution in [3.8, 4) is 0 Å². The molecule has 3 N–H and O–H groups in total. The van der Waals surface area contributed by atoms with Gasteiger partial charge in [0.15, 0.2) is 6.04 Å². The van der Waals surface area contributed by atoms with Gasteiger partial charge in [0.2, 0.25) is 0 Å². The zero-order valence-electron chi connectivity index (χ0n) is 14.0. The Bertz CT molecular complexity index is 915. The third-order valence-electron chi connectivity index (χ3n) is 4.72. The number of carboxylic acids is 1. The van der Waals surface area contributed by atoms with Crippen LogP contribution in [0.1, 0.15) is 37.8 Å². The van der Waals surface area contributed by atoms with Crippen molar-refractivity contribution < 1.29 is 24.7 Å². The van der Waals surface area contributed by atoms with E-state index in [4.69, 9.17) is 0 Å². The van der Waals surface area contributed by atoms with Gasteiger partial charge in [0, 0.05) is 23.8 Å². The number of nitrogens with one attached hydrogen (secondary N) is 1. The number of fused-ring (bicyclic) bond motifs is 4. The van der Waals surface area contributed by atoms with Crippen LogP contribution >= 0.6 is 11.3 Å². The Morgan fingerprint density at radius 3 is 2.78 bits per heavy atom. The molecule has 1 saturated heterocycles. The number of amides is 3. The second-order valence-electron chi connectivity index (χ2n) is 6.33. The summed E-state index contributed by atoms with van der Waals surface area (Å²) in [5.74, 6) is -1.50. The number of carbonyl (C=O) groups is 3. The van der Waals surface area contributed by atoms with Gasteiger partial charge >= 0.3 is 12.0 Å². The van der Waals surface area contributed by atoms with Crippen molar-refractivity contribution in [2.75, 3.05) is 13.1 Å². The first-order chi connectivity index (χ1) is 13.0. The minimum absolute atomic E-state index is 0.0825. The van der Waals surface area contributed by atoms with E-state index in [1.165, 1.54) is 0 Å². The van der Waals surface area contributed by atoms with Gasteiger partial charge in [-0.25, -0.2) is 9.59 Å². The lowest BCUT2D eigenvalue weighted by Crippen LogP contribution is -2.37. The van der Waals surface area contributed by atoms with E-state index in [1.54, 1.807) is 18.5 Å². The van der Waals surface area contributed by atoms with Crippen LogP contribution < -0.4 is 5.32 Å². The molecular weight excluding hydrogens is 372 g/mol. The van der Waals surface area contributed by atoms with Crippen molar-refractivity contribution in [3.05, 3.63) is 51.5 Å². The number of carboxylic acid groups (broad SMARTS) is 1. The quantitative estimate of drug-likeness (QED) is 0.666. The van der Waals surface area contributed by atoms with E-state index >= 15 is 0 Å². The average molecular weight is 388 g/mol. The summed E-state index contributed by atoms with van der Waals surface area (Å²) in [7, 11) is 0. The Morgan fingerprint density at radius 1 is 1.33 bits per heavy atom. The number of aromatic nitrogens is 1. The average Bonchev–Trinajstić information content (AvgIpc) is 3.20. The van der Waals surface area contributed by atoms with Crippen LogP contribution in [0.5, 0.6) is 0 Å². The number of hydrogen-bond acceptors (Lipinski definition) is 6. The van der Waals surface area contributed by atoms with Gasteiger partial charge in [0.05, 0.1) is 11.4 Å². The Hall–Kier alpha value is -2.98. The van der Waals surface area contributed by atoms with Crippen molar-refractivity contribution in [2.45, 2.75) is 18.5 Å². The van der Waals surface area contributed by atoms with Crippen LogP contribution in [0.25, 0.3) is 0 Å². The van der Waals surface area contributed by atoms with Gasteiger partial charge in [0.1, 0.15) is 6.04 Å². The van der Waals surface area contributed by atoms with Gasteiger partial charge in [-0.1, -0.05) is 0 Å². The summed E-state index contributed by atoms with van der Waals surface area (Å²) in [4.78, 5) is 42.0. The first-order valence-corrected chi connectivity index (χ1v) is 9.11. The molecule has 140 valence electrons. The highest BCUT2D eigenvalue weighted by molar-refractivity contribution is 7.14. The van der Waals surface area contributed by atoms with Crippen LogP contribution in [0.4, 0.5) is 4.79 Å². The second-order valence-corrected chi connectivity index (χ2v) is 7.41. The molecule has 2 aromatic rings. The summed E-state index contributed by atoms with van der Waals surface area (Å²) in [6.45, 7) is 0.507. The van der Waals surface area contributed by atoms with E-state index < -0.39 is 24.1 Å². The van der Waals surface area contributed by atoms with Crippen LogP contribution in [0, 0.1) is 0 Å². The molecule has 3 amide bonds. The van der Waals surface area contributed by atoms with Crippen LogP contribution in [-0.4, -0.2) is 56.3 Å². The van der Waals surface area contributed by atoms with Crippen molar-refractivity contribution in [3.63, 3.8) is 0 Å². The minimum atomic E-state index is -1.19. The monoisotopic (exact) mass is 388 g/mol. The molecule has 2 atom stereocenters. The van der Waals surface area contributed by atoms with E-state index in [0.717, 1.165) is 21.8 Å². The Kier molecular flexibility index (Phi) is 4.28. The lowest BCUT2D eigenvalue weighted by Gasteiger charge is -2.27. The summed E-state index contributed by atoms with van der Waals surface area (Å²) < 4.78 is 0. The molecule has 2 bridgehead atoms. The largest absolute Gasteiger partial charge is 0.479 e. The lowest BCUT2D eigenvalue weighted by molar-refractivity contribution is -0.142. The Labute approximate surface area is 157 Å². The zero-order valence-corrected chi connectivity index (χ0v) is 14.8. The molecular formula is C17H16N4O5S. The molecule has 9 nitrogen and oxygen atoms in total. The molecule has 27 heavy (non-hydrogen) atoms. The highest BCUT2D eigenvalue weighted by Gasteiger charge is 2.51. The van der Waals surface area contributed by atoms with E-state index in [-0.39, 0.29) is 12.5 Å². The Balaban J connectivity index is 1.52. The lowest BCUT2D eigenvalue weighted by atomic mass is 9.99. The third kappa shape index (κ3) is 2.92. The molecule has 2 aliphatic heterocycles. The molecule has 0 spiro atoms. The maximum atomic E-state index is 12.5. The molecule has 1 fully saturated rings. The molecule has 0 saturated carbocycles. The zero-order chi connectivity index (χ0) is 19.1. The highest BCUT2D eigenvalue weighted by Crippen LogP contribution is 2.46. The number of carbonyl (C=O) groups excluding carboxylic acids is 2. The smallest absolute Gasteiger partial charge is 0.345 e. The number of hydroxylamine groups is 2. The standard InChI is InChI=1S/C17H16N4O5S/c22-15(19-6-3-9-1-4-18-5-2-9)12-7-10-11-8-20(17(25)21(11)26)13(16(23)24)14(10)27-12/h1-2,4-5,7,11,13,26H,3,6,8H2,(H,19,22)(H,23,24)/t11-,13?/m1/s1. The van der Waals surface area contributed by atoms with Gasteiger partial charge in [-0.2, -0.15) is 5.06 Å². The molecule has 0 aromatic carbocycles. The van der Waals surface area contributed by atoms with E-state index in [2.05, 4.69) is 10.3 Å². The van der Waals surface area contributed by atoms with Gasteiger partial charge in [-0.15, -0.1) is 11.3 Å². The fourth-order valence-electron chi connectivity index (χ4n) is 3.40. The molecule has 2 aliphatic rings. The van der Waals surface area contributed by atoms with Crippen molar-refractivity contribution in [1.29, 1.82) is 0 Å². The molecule has 1 unspecified atom stereocenters. The first-order valence-electron chi connectivity index (χ1n) is 8.29. The number of aliphatic carboxylic acids is 1. The molecule has 2 aromatic heterocycles. The normalized spacial score (nSPS) is 20.6. The maximum Gasteiger partial charge on any atom is 0.345 e. The number of hydrogen-bond donors (Lipinski definition) is 3. The van der Waals surface area contributed by atoms with Crippen molar-refractivity contribution in [2.24, 2.45) is 0 Å². The van der Waals surface area contributed by atoms with Gasteiger partial charge in [-0.3, -0.25) is 15.0 Å². The molecule has 10 heteroatoms. The number of rotatable bonds is 5. The van der Waals surface area contributed by atoms with Crippen molar-refractivity contribution >= 4 is 29.2 Å². The minimum Gasteiger partial charge on any atom is -0.479 e. The molecule has 0 radical (unpaired) electrons. The SMILES string of the molecule is O=C(NCCc1ccncc1)c1cc2c(s1)C(C(=O)O)N1C[C@H]2N(O)C1=O. The highest BCUT2D eigenvalue weighted by atomic mass is 32.1. The summed E-state index contributed by atoms with van der Waals surface area (Å²) in [5, 5.41) is 22.9. The predicted molar refractivity (Wildman–Crippen MR) is 93.4 cm³/mol. The fraction of sp³-hybridized carbons (Fsp3) is 0.294. The predicted octanol–water partition coefficient (Wildman–Crippen LogP) is 1.42. The van der Waals surface area contributed by atoms with Gasteiger partial charge in [0.25, 0.3) is 5.91 Å². The topological polar surface area (TPSA) is 123 Å². The summed E-state index contributed by atoms with van der Waals surface area (Å²) in [5.41, 5.74) is 1.55. The molecule has 4 rings (SSSR count). The molecule has 4 heterocycles. The van der Waals surface area contributed by atoms with Crippen LogP contribution in [0.3, 0.4) is 0 Å². The van der Waals surface area contributed by atoms with Crippen LogP contribution in [-0.2, 0) is 11.2 Å².